The third-order valence-corrected chi connectivity index (χ3v) is 2.64. The average molecular weight is 232 g/mol. The van der Waals surface area contributed by atoms with Crippen molar-refractivity contribution < 1.29 is 9.90 Å². The molecule has 1 aromatic carbocycles. The first-order valence-electron chi connectivity index (χ1n) is 5.46. The first-order valence-corrected chi connectivity index (χ1v) is 5.46. The van der Waals surface area contributed by atoms with Crippen LogP contribution in [0.15, 0.2) is 18.2 Å². The Balaban J connectivity index is 2.91. The number of carbonyl (C=O) groups is 1. The Hall–Kier alpha value is -2.02. The molecule has 4 nitrogen and oxygen atoms in total. The van der Waals surface area contributed by atoms with Gasteiger partial charge in [0.1, 0.15) is 11.8 Å². The smallest absolute Gasteiger partial charge is 0.252 e. The van der Waals surface area contributed by atoms with E-state index < -0.39 is 6.04 Å². The number of amides is 1. The lowest BCUT2D eigenvalue weighted by Gasteiger charge is -2.16. The van der Waals surface area contributed by atoms with E-state index in [9.17, 15) is 9.90 Å². The van der Waals surface area contributed by atoms with Crippen molar-refractivity contribution in [3.8, 4) is 11.8 Å². The monoisotopic (exact) mass is 232 g/mol. The van der Waals surface area contributed by atoms with Gasteiger partial charge in [-0.15, -0.1) is 0 Å². The van der Waals surface area contributed by atoms with E-state index in [0.717, 1.165) is 0 Å². The molecule has 1 amide bonds. The summed E-state index contributed by atoms with van der Waals surface area (Å²) in [5.41, 5.74) is 0.913. The van der Waals surface area contributed by atoms with Gasteiger partial charge in [-0.1, -0.05) is 19.9 Å². The summed E-state index contributed by atoms with van der Waals surface area (Å²) in [5, 5.41) is 21.0. The number of benzene rings is 1. The van der Waals surface area contributed by atoms with E-state index in [4.69, 9.17) is 5.26 Å². The SMILES string of the molecule is Cc1c(O)cccc1C(=O)NC(C#N)C(C)C. The van der Waals surface area contributed by atoms with Crippen molar-refractivity contribution in [3.63, 3.8) is 0 Å². The first kappa shape index (κ1) is 13.0. The second-order valence-corrected chi connectivity index (χ2v) is 4.27. The summed E-state index contributed by atoms with van der Waals surface area (Å²) >= 11 is 0. The highest BCUT2D eigenvalue weighted by Gasteiger charge is 2.18. The lowest BCUT2D eigenvalue weighted by molar-refractivity contribution is 0.0936. The molecule has 0 saturated heterocycles. The Bertz CT molecular complexity index is 461. The predicted molar refractivity (Wildman–Crippen MR) is 64.5 cm³/mol. The number of nitriles is 1. The maximum absolute atomic E-state index is 11.9. The van der Waals surface area contributed by atoms with Crippen LogP contribution >= 0.6 is 0 Å². The molecule has 1 aromatic rings. The van der Waals surface area contributed by atoms with Crippen LogP contribution in [-0.4, -0.2) is 17.1 Å². The van der Waals surface area contributed by atoms with Gasteiger partial charge in [-0.3, -0.25) is 4.79 Å². The van der Waals surface area contributed by atoms with Gasteiger partial charge < -0.3 is 10.4 Å². The zero-order chi connectivity index (χ0) is 13.0. The van der Waals surface area contributed by atoms with Crippen LogP contribution in [0.4, 0.5) is 0 Å². The van der Waals surface area contributed by atoms with E-state index in [1.165, 1.54) is 6.07 Å². The van der Waals surface area contributed by atoms with Gasteiger partial charge in [0.25, 0.3) is 5.91 Å². The number of rotatable bonds is 3. The minimum Gasteiger partial charge on any atom is -0.508 e. The van der Waals surface area contributed by atoms with Gasteiger partial charge in [0.15, 0.2) is 0 Å². The van der Waals surface area contributed by atoms with Crippen molar-refractivity contribution in [2.24, 2.45) is 5.92 Å². The van der Waals surface area contributed by atoms with Crippen molar-refractivity contribution >= 4 is 5.91 Å². The number of nitrogens with zero attached hydrogens (tertiary/aromatic N) is 1. The fraction of sp³-hybridized carbons (Fsp3) is 0.385. The lowest BCUT2D eigenvalue weighted by atomic mass is 10.0. The Morgan fingerprint density at radius 3 is 2.65 bits per heavy atom. The zero-order valence-electron chi connectivity index (χ0n) is 10.2. The van der Waals surface area contributed by atoms with E-state index in [2.05, 4.69) is 5.32 Å². The Labute approximate surface area is 101 Å². The third-order valence-electron chi connectivity index (χ3n) is 2.64. The van der Waals surface area contributed by atoms with Gasteiger partial charge in [-0.05, 0) is 25.0 Å². The molecular weight excluding hydrogens is 216 g/mol. The average Bonchev–Trinajstić information content (AvgIpc) is 2.28. The van der Waals surface area contributed by atoms with Crippen molar-refractivity contribution in [3.05, 3.63) is 29.3 Å². The van der Waals surface area contributed by atoms with Crippen LogP contribution in [0.2, 0.25) is 0 Å². The van der Waals surface area contributed by atoms with Gasteiger partial charge >= 0.3 is 0 Å². The zero-order valence-corrected chi connectivity index (χ0v) is 10.2. The van der Waals surface area contributed by atoms with Crippen LogP contribution in [0.5, 0.6) is 5.75 Å². The van der Waals surface area contributed by atoms with Crippen molar-refractivity contribution in [2.45, 2.75) is 26.8 Å². The number of aromatic hydroxyl groups is 1. The molecule has 0 saturated carbocycles. The maximum Gasteiger partial charge on any atom is 0.252 e. The molecule has 0 heterocycles. The Morgan fingerprint density at radius 1 is 1.47 bits per heavy atom. The number of hydrogen-bond acceptors (Lipinski definition) is 3. The summed E-state index contributed by atoms with van der Waals surface area (Å²) in [6, 6.07) is 6.27. The molecule has 0 aliphatic heterocycles. The molecule has 2 N–H and O–H groups in total. The third kappa shape index (κ3) is 2.97. The van der Waals surface area contributed by atoms with E-state index in [-0.39, 0.29) is 17.6 Å². The van der Waals surface area contributed by atoms with E-state index in [1.807, 2.05) is 19.9 Å². The summed E-state index contributed by atoms with van der Waals surface area (Å²) in [4.78, 5) is 11.9. The minimum absolute atomic E-state index is 0.0431. The molecule has 1 unspecified atom stereocenters. The standard InChI is InChI=1S/C13H16N2O2/c1-8(2)11(7-14)15-13(17)10-5-4-6-12(16)9(10)3/h4-6,8,11,16H,1-3H3,(H,15,17). The topological polar surface area (TPSA) is 73.1 Å². The molecule has 1 rings (SSSR count). The molecule has 0 bridgehead atoms. The minimum atomic E-state index is -0.524. The van der Waals surface area contributed by atoms with Gasteiger partial charge in [0.2, 0.25) is 0 Å². The van der Waals surface area contributed by atoms with Crippen molar-refractivity contribution in [2.75, 3.05) is 0 Å². The summed E-state index contributed by atoms with van der Waals surface area (Å²) in [6.07, 6.45) is 0. The summed E-state index contributed by atoms with van der Waals surface area (Å²) in [7, 11) is 0. The normalized spacial score (nSPS) is 11.9. The van der Waals surface area contributed by atoms with Gasteiger partial charge in [0, 0.05) is 11.1 Å². The molecule has 90 valence electrons. The molecule has 0 aliphatic carbocycles. The Morgan fingerprint density at radius 2 is 2.12 bits per heavy atom. The lowest BCUT2D eigenvalue weighted by Crippen LogP contribution is -2.37. The van der Waals surface area contributed by atoms with Crippen LogP contribution in [0.1, 0.15) is 29.8 Å². The van der Waals surface area contributed by atoms with E-state index in [0.29, 0.717) is 11.1 Å². The summed E-state index contributed by atoms with van der Waals surface area (Å²) in [5.74, 6) is -0.212. The molecule has 1 atom stereocenters. The molecule has 0 fully saturated rings. The van der Waals surface area contributed by atoms with Crippen molar-refractivity contribution in [1.82, 2.24) is 5.32 Å². The largest absolute Gasteiger partial charge is 0.508 e. The number of phenolic OH excluding ortho intramolecular Hbond substituents is 1. The highest BCUT2D eigenvalue weighted by atomic mass is 16.3. The quantitative estimate of drug-likeness (QED) is 0.836. The molecular formula is C13H16N2O2. The molecule has 0 aromatic heterocycles. The van der Waals surface area contributed by atoms with E-state index in [1.54, 1.807) is 19.1 Å². The fourth-order valence-corrected chi connectivity index (χ4v) is 1.44. The summed E-state index contributed by atoms with van der Waals surface area (Å²) in [6.45, 7) is 5.40. The number of carbonyl (C=O) groups excluding carboxylic acids is 1. The first-order chi connectivity index (χ1) is 7.97. The molecule has 4 heteroatoms. The molecule has 0 spiro atoms. The highest BCUT2D eigenvalue weighted by Crippen LogP contribution is 2.19. The van der Waals surface area contributed by atoms with E-state index >= 15 is 0 Å². The second kappa shape index (κ2) is 5.35. The van der Waals surface area contributed by atoms with Crippen LogP contribution in [0.3, 0.4) is 0 Å². The van der Waals surface area contributed by atoms with Crippen LogP contribution in [0, 0.1) is 24.2 Å². The molecule has 0 radical (unpaired) electrons. The predicted octanol–water partition coefficient (Wildman–Crippen LogP) is 1.98. The highest BCUT2D eigenvalue weighted by molar-refractivity contribution is 5.96. The molecule has 0 aliphatic rings. The van der Waals surface area contributed by atoms with Gasteiger partial charge in [-0.2, -0.15) is 5.26 Å². The summed E-state index contributed by atoms with van der Waals surface area (Å²) < 4.78 is 0. The Kier molecular flexibility index (Phi) is 4.11. The number of phenols is 1. The fourth-order valence-electron chi connectivity index (χ4n) is 1.44. The maximum atomic E-state index is 11.9. The van der Waals surface area contributed by atoms with Crippen LogP contribution in [-0.2, 0) is 0 Å². The number of hydrogen-bond donors (Lipinski definition) is 2. The van der Waals surface area contributed by atoms with Gasteiger partial charge in [-0.25, -0.2) is 0 Å². The van der Waals surface area contributed by atoms with Gasteiger partial charge in [0.05, 0.1) is 6.07 Å². The van der Waals surface area contributed by atoms with Crippen LogP contribution in [0.25, 0.3) is 0 Å². The van der Waals surface area contributed by atoms with Crippen molar-refractivity contribution in [1.29, 1.82) is 5.26 Å². The molecule has 17 heavy (non-hydrogen) atoms. The number of nitrogens with one attached hydrogen (secondary N) is 1. The van der Waals surface area contributed by atoms with Crippen LogP contribution < -0.4 is 5.32 Å². The second-order valence-electron chi connectivity index (χ2n) is 4.27.